The number of carbonyl (C=O) groups is 1. The molecule has 0 saturated heterocycles. The average Bonchev–Trinajstić information content (AvgIpc) is 2.56. The molecule has 138 valence electrons. The van der Waals surface area contributed by atoms with Crippen molar-refractivity contribution in [1.29, 1.82) is 0 Å². The molecule has 2 rings (SSSR count). The maximum absolute atomic E-state index is 12.1. The summed E-state index contributed by atoms with van der Waals surface area (Å²) in [4.78, 5) is 12.0. The lowest BCUT2D eigenvalue weighted by atomic mass is 9.95. The summed E-state index contributed by atoms with van der Waals surface area (Å²) >= 11 is 0. The van der Waals surface area contributed by atoms with Gasteiger partial charge in [0, 0.05) is 25.6 Å². The number of amides is 1. The van der Waals surface area contributed by atoms with Crippen molar-refractivity contribution in [2.75, 3.05) is 19.3 Å². The Morgan fingerprint density at radius 1 is 1.21 bits per heavy atom. The molecule has 0 heterocycles. The third kappa shape index (κ3) is 6.55. The number of carbonyl (C=O) groups excluding carboxylic acids is 1. The molecule has 1 N–H and O–H groups in total. The van der Waals surface area contributed by atoms with Crippen molar-refractivity contribution in [2.24, 2.45) is 0 Å². The Labute approximate surface area is 146 Å². The van der Waals surface area contributed by atoms with Crippen molar-refractivity contribution in [1.82, 2.24) is 9.62 Å². The summed E-state index contributed by atoms with van der Waals surface area (Å²) in [5.74, 6) is -0.0455. The smallest absolute Gasteiger partial charge is 0.221 e. The van der Waals surface area contributed by atoms with Crippen LogP contribution in [0.4, 0.5) is 0 Å². The summed E-state index contributed by atoms with van der Waals surface area (Å²) in [6.07, 6.45) is 14.8. The van der Waals surface area contributed by atoms with Gasteiger partial charge in [-0.15, -0.1) is 0 Å². The Morgan fingerprint density at radius 3 is 2.58 bits per heavy atom. The van der Waals surface area contributed by atoms with E-state index in [1.54, 1.807) is 4.31 Å². The first-order valence-electron chi connectivity index (χ1n) is 9.38. The maximum Gasteiger partial charge on any atom is 0.221 e. The topological polar surface area (TPSA) is 66.5 Å². The van der Waals surface area contributed by atoms with Crippen LogP contribution >= 0.6 is 0 Å². The third-order valence-corrected chi connectivity index (χ3v) is 6.45. The molecule has 5 nitrogen and oxygen atoms in total. The highest BCUT2D eigenvalue weighted by atomic mass is 32.2. The largest absolute Gasteiger partial charge is 0.356 e. The van der Waals surface area contributed by atoms with Crippen molar-refractivity contribution in [3.05, 3.63) is 11.6 Å². The first kappa shape index (κ1) is 19.4. The van der Waals surface area contributed by atoms with Crippen LogP contribution < -0.4 is 5.32 Å². The summed E-state index contributed by atoms with van der Waals surface area (Å²) in [5, 5.41) is 2.94. The van der Waals surface area contributed by atoms with Crippen molar-refractivity contribution >= 4 is 15.9 Å². The molecule has 0 radical (unpaired) electrons. The van der Waals surface area contributed by atoms with Gasteiger partial charge in [0.15, 0.2) is 0 Å². The molecule has 2 aliphatic rings. The summed E-state index contributed by atoms with van der Waals surface area (Å²) in [7, 11) is -3.25. The number of rotatable bonds is 8. The minimum Gasteiger partial charge on any atom is -0.356 e. The summed E-state index contributed by atoms with van der Waals surface area (Å²) in [5.41, 5.74) is 1.45. The van der Waals surface area contributed by atoms with E-state index in [4.69, 9.17) is 0 Å². The molecule has 24 heavy (non-hydrogen) atoms. The zero-order valence-electron chi connectivity index (χ0n) is 14.9. The van der Waals surface area contributed by atoms with Crippen molar-refractivity contribution < 1.29 is 13.2 Å². The standard InChI is InChI=1S/C18H32N2O3S/c1-24(22,23)20(17-10-6-3-7-11-17)15-13-18(21)19-14-12-16-8-4-2-5-9-16/h8,17H,2-7,9-15H2,1H3,(H,19,21). The highest BCUT2D eigenvalue weighted by Gasteiger charge is 2.28. The fourth-order valence-electron chi connectivity index (χ4n) is 3.78. The van der Waals surface area contributed by atoms with E-state index >= 15 is 0 Å². The van der Waals surface area contributed by atoms with E-state index in [-0.39, 0.29) is 18.4 Å². The van der Waals surface area contributed by atoms with Gasteiger partial charge in [0.2, 0.25) is 15.9 Å². The predicted molar refractivity (Wildman–Crippen MR) is 97.2 cm³/mol. The molecule has 0 aromatic heterocycles. The van der Waals surface area contributed by atoms with Gasteiger partial charge in [-0.3, -0.25) is 4.79 Å². The van der Waals surface area contributed by atoms with Gasteiger partial charge in [-0.05, 0) is 44.9 Å². The summed E-state index contributed by atoms with van der Waals surface area (Å²) in [6, 6.07) is 0.0777. The van der Waals surface area contributed by atoms with Crippen LogP contribution in [-0.4, -0.2) is 44.0 Å². The van der Waals surface area contributed by atoms with Gasteiger partial charge in [0.25, 0.3) is 0 Å². The molecule has 0 aromatic carbocycles. The van der Waals surface area contributed by atoms with Crippen LogP contribution in [0.15, 0.2) is 11.6 Å². The van der Waals surface area contributed by atoms with E-state index in [1.807, 2.05) is 0 Å². The van der Waals surface area contributed by atoms with Crippen LogP contribution in [-0.2, 0) is 14.8 Å². The van der Waals surface area contributed by atoms with Crippen molar-refractivity contribution in [3.8, 4) is 0 Å². The number of allylic oxidation sites excluding steroid dienone is 1. The van der Waals surface area contributed by atoms with Gasteiger partial charge in [-0.25, -0.2) is 8.42 Å². The third-order valence-electron chi connectivity index (χ3n) is 5.12. The molecular formula is C18H32N2O3S. The highest BCUT2D eigenvalue weighted by Crippen LogP contribution is 2.24. The Balaban J connectivity index is 1.74. The lowest BCUT2D eigenvalue weighted by Crippen LogP contribution is -2.42. The number of sulfonamides is 1. The lowest BCUT2D eigenvalue weighted by molar-refractivity contribution is -0.121. The van der Waals surface area contributed by atoms with Crippen molar-refractivity contribution in [2.45, 2.75) is 76.7 Å². The first-order chi connectivity index (χ1) is 11.5. The second kappa shape index (κ2) is 9.56. The summed E-state index contributed by atoms with van der Waals surface area (Å²) < 4.78 is 25.7. The van der Waals surface area contributed by atoms with Crippen LogP contribution in [0.2, 0.25) is 0 Å². The van der Waals surface area contributed by atoms with Gasteiger partial charge in [-0.2, -0.15) is 4.31 Å². The minimum atomic E-state index is -3.25. The molecule has 0 unspecified atom stereocenters. The second-order valence-corrected chi connectivity index (χ2v) is 9.06. The van der Waals surface area contributed by atoms with E-state index in [0.29, 0.717) is 13.1 Å². The van der Waals surface area contributed by atoms with Gasteiger partial charge in [0.05, 0.1) is 6.26 Å². The predicted octanol–water partition coefficient (Wildman–Crippen LogP) is 2.98. The molecule has 0 aromatic rings. The minimum absolute atomic E-state index is 0.0455. The van der Waals surface area contributed by atoms with Gasteiger partial charge < -0.3 is 5.32 Å². The average molecular weight is 357 g/mol. The molecule has 1 fully saturated rings. The molecular weight excluding hydrogens is 324 g/mol. The van der Waals surface area contributed by atoms with E-state index in [2.05, 4.69) is 11.4 Å². The fourth-order valence-corrected chi connectivity index (χ4v) is 4.96. The van der Waals surface area contributed by atoms with Crippen LogP contribution in [0.3, 0.4) is 0 Å². The SMILES string of the molecule is CS(=O)(=O)N(CCC(=O)NCCC1=CCCCC1)C1CCCCC1. The van der Waals surface area contributed by atoms with E-state index < -0.39 is 10.0 Å². The van der Waals surface area contributed by atoms with E-state index in [1.165, 1.54) is 31.1 Å². The Morgan fingerprint density at radius 2 is 1.96 bits per heavy atom. The highest BCUT2D eigenvalue weighted by molar-refractivity contribution is 7.88. The maximum atomic E-state index is 12.1. The Hall–Kier alpha value is -0.880. The molecule has 0 bridgehead atoms. The molecule has 0 aliphatic heterocycles. The van der Waals surface area contributed by atoms with Crippen LogP contribution in [0, 0.1) is 0 Å². The molecule has 0 spiro atoms. The first-order valence-corrected chi connectivity index (χ1v) is 11.2. The van der Waals surface area contributed by atoms with Gasteiger partial charge in [0.1, 0.15) is 0 Å². The second-order valence-electron chi connectivity index (χ2n) is 7.12. The Bertz CT molecular complexity index is 536. The van der Waals surface area contributed by atoms with E-state index in [0.717, 1.165) is 44.9 Å². The van der Waals surface area contributed by atoms with Crippen LogP contribution in [0.5, 0.6) is 0 Å². The normalized spacial score (nSPS) is 20.0. The molecule has 6 heteroatoms. The number of nitrogens with zero attached hydrogens (tertiary/aromatic N) is 1. The quantitative estimate of drug-likeness (QED) is 0.680. The molecule has 0 atom stereocenters. The number of hydrogen-bond acceptors (Lipinski definition) is 3. The number of hydrogen-bond donors (Lipinski definition) is 1. The summed E-state index contributed by atoms with van der Waals surface area (Å²) in [6.45, 7) is 0.963. The monoisotopic (exact) mass is 356 g/mol. The van der Waals surface area contributed by atoms with Gasteiger partial charge in [-0.1, -0.05) is 30.9 Å². The van der Waals surface area contributed by atoms with Crippen LogP contribution in [0.1, 0.15) is 70.6 Å². The van der Waals surface area contributed by atoms with Gasteiger partial charge >= 0.3 is 0 Å². The zero-order chi connectivity index (χ0) is 17.4. The lowest BCUT2D eigenvalue weighted by Gasteiger charge is -2.32. The Kier molecular flexibility index (Phi) is 7.75. The molecule has 1 amide bonds. The van der Waals surface area contributed by atoms with Crippen LogP contribution in [0.25, 0.3) is 0 Å². The molecule has 2 aliphatic carbocycles. The van der Waals surface area contributed by atoms with Crippen molar-refractivity contribution in [3.63, 3.8) is 0 Å². The van der Waals surface area contributed by atoms with E-state index in [9.17, 15) is 13.2 Å². The fraction of sp³-hybridized carbons (Fsp3) is 0.833. The zero-order valence-corrected chi connectivity index (χ0v) is 15.7. The molecule has 1 saturated carbocycles. The number of nitrogens with one attached hydrogen (secondary N) is 1.